The van der Waals surface area contributed by atoms with Crippen LogP contribution >= 0.6 is 0 Å². The summed E-state index contributed by atoms with van der Waals surface area (Å²) in [7, 11) is 0. The molecule has 2 heterocycles. The van der Waals surface area contributed by atoms with E-state index in [0.717, 1.165) is 11.1 Å². The van der Waals surface area contributed by atoms with Crippen molar-refractivity contribution in [2.24, 2.45) is 0 Å². The number of hydrogen-bond acceptors (Lipinski definition) is 4. The van der Waals surface area contributed by atoms with Crippen LogP contribution < -0.4 is 5.73 Å². The predicted molar refractivity (Wildman–Crippen MR) is 73.2 cm³/mol. The molecule has 0 radical (unpaired) electrons. The van der Waals surface area contributed by atoms with Crippen LogP contribution in [0.3, 0.4) is 0 Å². The molecule has 3 aromatic rings. The largest absolute Gasteiger partial charge is 0.399 e. The molecule has 0 amide bonds. The Labute approximate surface area is 114 Å². The second-order valence-corrected chi connectivity index (χ2v) is 4.40. The minimum absolute atomic E-state index is 0.360. The number of halogens is 1. The molecule has 6 heteroatoms. The summed E-state index contributed by atoms with van der Waals surface area (Å²) in [6.07, 6.45) is 4.38. The highest BCUT2D eigenvalue weighted by atomic mass is 19.1. The van der Waals surface area contributed by atoms with E-state index in [1.165, 1.54) is 12.3 Å². The van der Waals surface area contributed by atoms with Gasteiger partial charge in [0.15, 0.2) is 5.82 Å². The fourth-order valence-electron chi connectivity index (χ4n) is 1.86. The summed E-state index contributed by atoms with van der Waals surface area (Å²) in [5.74, 6) is 0.246. The summed E-state index contributed by atoms with van der Waals surface area (Å²) in [5, 5.41) is 4.35. The molecule has 0 atom stereocenters. The maximum atomic E-state index is 13.1. The van der Waals surface area contributed by atoms with Crippen LogP contribution in [0.25, 0.3) is 11.4 Å². The Balaban J connectivity index is 1.82. The Morgan fingerprint density at radius 1 is 1.15 bits per heavy atom. The average Bonchev–Trinajstić information content (AvgIpc) is 2.88. The van der Waals surface area contributed by atoms with Gasteiger partial charge in [-0.25, -0.2) is 14.1 Å². The van der Waals surface area contributed by atoms with Crippen LogP contribution in [-0.4, -0.2) is 19.7 Å². The van der Waals surface area contributed by atoms with E-state index in [0.29, 0.717) is 18.1 Å². The maximum Gasteiger partial charge on any atom is 0.181 e. The van der Waals surface area contributed by atoms with Crippen molar-refractivity contribution in [1.29, 1.82) is 0 Å². The van der Waals surface area contributed by atoms with Gasteiger partial charge in [0.1, 0.15) is 12.1 Å². The minimum Gasteiger partial charge on any atom is -0.399 e. The first-order chi connectivity index (χ1) is 9.70. The van der Waals surface area contributed by atoms with Crippen molar-refractivity contribution in [3.8, 4) is 11.4 Å². The summed E-state index contributed by atoms with van der Waals surface area (Å²) in [4.78, 5) is 8.04. The van der Waals surface area contributed by atoms with Gasteiger partial charge in [-0.05, 0) is 35.9 Å². The number of benzene rings is 1. The Kier molecular flexibility index (Phi) is 3.12. The summed E-state index contributed by atoms with van der Waals surface area (Å²) in [5.41, 5.74) is 7.95. The van der Waals surface area contributed by atoms with Crippen molar-refractivity contribution < 1.29 is 4.39 Å². The van der Waals surface area contributed by atoms with E-state index in [2.05, 4.69) is 15.1 Å². The topological polar surface area (TPSA) is 69.6 Å². The Morgan fingerprint density at radius 3 is 2.70 bits per heavy atom. The first-order valence-corrected chi connectivity index (χ1v) is 6.05. The molecular weight excluding hydrogens is 257 g/mol. The molecule has 2 aromatic heterocycles. The summed E-state index contributed by atoms with van der Waals surface area (Å²) in [6, 6.07) is 8.74. The van der Waals surface area contributed by atoms with Gasteiger partial charge in [-0.3, -0.25) is 4.98 Å². The highest BCUT2D eigenvalue weighted by Gasteiger charge is 2.05. The van der Waals surface area contributed by atoms with Crippen LogP contribution in [0.5, 0.6) is 0 Å². The highest BCUT2D eigenvalue weighted by molar-refractivity contribution is 5.57. The molecule has 0 bridgehead atoms. The monoisotopic (exact) mass is 269 g/mol. The van der Waals surface area contributed by atoms with E-state index in [1.807, 2.05) is 12.1 Å². The fourth-order valence-corrected chi connectivity index (χ4v) is 1.86. The van der Waals surface area contributed by atoms with Crippen LogP contribution in [0.2, 0.25) is 0 Å². The zero-order valence-corrected chi connectivity index (χ0v) is 10.6. The van der Waals surface area contributed by atoms with Crippen molar-refractivity contribution in [2.45, 2.75) is 6.54 Å². The van der Waals surface area contributed by atoms with Crippen molar-refractivity contribution in [3.05, 3.63) is 60.4 Å². The van der Waals surface area contributed by atoms with Crippen molar-refractivity contribution in [1.82, 2.24) is 19.7 Å². The molecule has 0 saturated carbocycles. The SMILES string of the molecule is Nc1ccc(-c2ncn(Cc3cncc(F)c3)n2)cc1. The van der Waals surface area contributed by atoms with Gasteiger partial charge in [0.05, 0.1) is 12.7 Å². The molecule has 2 N–H and O–H groups in total. The third-order valence-corrected chi connectivity index (χ3v) is 2.81. The molecule has 3 rings (SSSR count). The molecular formula is C14H12FN5. The van der Waals surface area contributed by atoms with E-state index in [4.69, 9.17) is 5.73 Å². The summed E-state index contributed by atoms with van der Waals surface area (Å²) >= 11 is 0. The fraction of sp³-hybridized carbons (Fsp3) is 0.0714. The van der Waals surface area contributed by atoms with Crippen molar-refractivity contribution in [3.63, 3.8) is 0 Å². The predicted octanol–water partition coefficient (Wildman–Crippen LogP) is 2.11. The quantitative estimate of drug-likeness (QED) is 0.739. The molecule has 0 unspecified atom stereocenters. The number of rotatable bonds is 3. The number of hydrogen-bond donors (Lipinski definition) is 1. The van der Waals surface area contributed by atoms with Gasteiger partial charge in [-0.2, -0.15) is 5.10 Å². The molecule has 0 spiro atoms. The van der Waals surface area contributed by atoms with Gasteiger partial charge in [0.2, 0.25) is 0 Å². The number of nitrogen functional groups attached to an aromatic ring is 1. The summed E-state index contributed by atoms with van der Waals surface area (Å²) in [6.45, 7) is 0.423. The Hall–Kier alpha value is -2.76. The lowest BCUT2D eigenvalue weighted by Crippen LogP contribution is -2.01. The van der Waals surface area contributed by atoms with Crippen LogP contribution in [0.15, 0.2) is 49.1 Å². The van der Waals surface area contributed by atoms with Gasteiger partial charge in [0, 0.05) is 17.4 Å². The van der Waals surface area contributed by atoms with E-state index in [9.17, 15) is 4.39 Å². The third-order valence-electron chi connectivity index (χ3n) is 2.81. The maximum absolute atomic E-state index is 13.1. The van der Waals surface area contributed by atoms with Crippen LogP contribution in [0, 0.1) is 5.82 Å². The number of pyridine rings is 1. The van der Waals surface area contributed by atoms with Crippen LogP contribution in [0.4, 0.5) is 10.1 Å². The molecule has 100 valence electrons. The van der Waals surface area contributed by atoms with Crippen molar-refractivity contribution in [2.75, 3.05) is 5.73 Å². The molecule has 5 nitrogen and oxygen atoms in total. The first-order valence-electron chi connectivity index (χ1n) is 6.05. The molecule has 0 aliphatic heterocycles. The lowest BCUT2D eigenvalue weighted by Gasteiger charge is -2.00. The van der Waals surface area contributed by atoms with Crippen LogP contribution in [0.1, 0.15) is 5.56 Å². The van der Waals surface area contributed by atoms with Gasteiger partial charge in [-0.1, -0.05) is 0 Å². The second kappa shape index (κ2) is 5.08. The van der Waals surface area contributed by atoms with Gasteiger partial charge in [0.25, 0.3) is 0 Å². The Bertz CT molecular complexity index is 720. The van der Waals surface area contributed by atoms with Gasteiger partial charge >= 0.3 is 0 Å². The van der Waals surface area contributed by atoms with E-state index >= 15 is 0 Å². The standard InChI is InChI=1S/C14H12FN5/c15-12-5-10(6-17-7-12)8-20-9-18-14(19-20)11-1-3-13(16)4-2-11/h1-7,9H,8,16H2. The first kappa shape index (κ1) is 12.3. The molecule has 0 saturated heterocycles. The lowest BCUT2D eigenvalue weighted by molar-refractivity contribution is 0.611. The minimum atomic E-state index is -0.360. The van der Waals surface area contributed by atoms with Crippen LogP contribution in [-0.2, 0) is 6.54 Å². The number of nitrogens with two attached hydrogens (primary N) is 1. The summed E-state index contributed by atoms with van der Waals surface area (Å²) < 4.78 is 14.7. The number of anilines is 1. The molecule has 1 aromatic carbocycles. The second-order valence-electron chi connectivity index (χ2n) is 4.40. The molecule has 0 fully saturated rings. The normalized spacial score (nSPS) is 10.7. The number of nitrogens with zero attached hydrogens (tertiary/aromatic N) is 4. The Morgan fingerprint density at radius 2 is 1.95 bits per heavy atom. The third kappa shape index (κ3) is 2.64. The van der Waals surface area contributed by atoms with E-state index < -0.39 is 0 Å². The van der Waals surface area contributed by atoms with Gasteiger partial charge in [-0.15, -0.1) is 0 Å². The smallest absolute Gasteiger partial charge is 0.181 e. The van der Waals surface area contributed by atoms with E-state index in [1.54, 1.807) is 29.3 Å². The molecule has 0 aliphatic carbocycles. The number of aromatic nitrogens is 4. The highest BCUT2D eigenvalue weighted by Crippen LogP contribution is 2.16. The molecule has 0 aliphatic rings. The van der Waals surface area contributed by atoms with Gasteiger partial charge < -0.3 is 5.73 Å². The average molecular weight is 269 g/mol. The van der Waals surface area contributed by atoms with Crippen molar-refractivity contribution >= 4 is 5.69 Å². The lowest BCUT2D eigenvalue weighted by atomic mass is 10.2. The zero-order chi connectivity index (χ0) is 13.9. The van der Waals surface area contributed by atoms with E-state index in [-0.39, 0.29) is 5.82 Å². The zero-order valence-electron chi connectivity index (χ0n) is 10.6. The molecule has 20 heavy (non-hydrogen) atoms.